The SMILES string of the molecule is CNC1CCCN(C(C)C(=O)NCCCOC)C1. The summed E-state index contributed by atoms with van der Waals surface area (Å²) in [5.74, 6) is 0.128. The Bertz CT molecular complexity index is 248. The van der Waals surface area contributed by atoms with Gasteiger partial charge in [-0.3, -0.25) is 9.69 Å². The van der Waals surface area contributed by atoms with Gasteiger partial charge in [-0.05, 0) is 39.8 Å². The van der Waals surface area contributed by atoms with Crippen LogP contribution in [0.25, 0.3) is 0 Å². The normalized spacial score (nSPS) is 22.7. The van der Waals surface area contributed by atoms with Crippen molar-refractivity contribution in [1.82, 2.24) is 15.5 Å². The molecule has 1 heterocycles. The highest BCUT2D eigenvalue weighted by Gasteiger charge is 2.26. The number of nitrogens with one attached hydrogen (secondary N) is 2. The van der Waals surface area contributed by atoms with Crippen molar-refractivity contribution in [3.63, 3.8) is 0 Å². The van der Waals surface area contributed by atoms with Crippen molar-refractivity contribution in [3.8, 4) is 0 Å². The van der Waals surface area contributed by atoms with Gasteiger partial charge >= 0.3 is 0 Å². The quantitative estimate of drug-likeness (QED) is 0.640. The Hall–Kier alpha value is -0.650. The molecular weight excluding hydrogens is 230 g/mol. The molecule has 2 N–H and O–H groups in total. The number of methoxy groups -OCH3 is 1. The highest BCUT2D eigenvalue weighted by Crippen LogP contribution is 2.12. The van der Waals surface area contributed by atoms with E-state index in [9.17, 15) is 4.79 Å². The van der Waals surface area contributed by atoms with Gasteiger partial charge in [0.1, 0.15) is 0 Å². The van der Waals surface area contributed by atoms with E-state index in [4.69, 9.17) is 4.74 Å². The number of ether oxygens (including phenoxy) is 1. The molecule has 1 saturated heterocycles. The zero-order valence-corrected chi connectivity index (χ0v) is 11.9. The third kappa shape index (κ3) is 4.92. The fraction of sp³-hybridized carbons (Fsp3) is 0.923. The summed E-state index contributed by atoms with van der Waals surface area (Å²) in [6.45, 7) is 5.36. The van der Waals surface area contributed by atoms with Crippen molar-refractivity contribution >= 4 is 5.91 Å². The Balaban J connectivity index is 2.28. The van der Waals surface area contributed by atoms with E-state index >= 15 is 0 Å². The van der Waals surface area contributed by atoms with Crippen LogP contribution in [0.4, 0.5) is 0 Å². The third-order valence-corrected chi connectivity index (χ3v) is 3.61. The van der Waals surface area contributed by atoms with Gasteiger partial charge in [-0.2, -0.15) is 0 Å². The summed E-state index contributed by atoms with van der Waals surface area (Å²) in [4.78, 5) is 14.2. The highest BCUT2D eigenvalue weighted by atomic mass is 16.5. The lowest BCUT2D eigenvalue weighted by Crippen LogP contribution is -2.52. The molecule has 0 aromatic rings. The molecule has 2 unspecified atom stereocenters. The fourth-order valence-electron chi connectivity index (χ4n) is 2.34. The summed E-state index contributed by atoms with van der Waals surface area (Å²) in [6, 6.07) is 0.478. The largest absolute Gasteiger partial charge is 0.385 e. The van der Waals surface area contributed by atoms with Crippen molar-refractivity contribution in [3.05, 3.63) is 0 Å². The van der Waals surface area contributed by atoms with Crippen LogP contribution in [0.15, 0.2) is 0 Å². The van der Waals surface area contributed by atoms with Gasteiger partial charge in [-0.15, -0.1) is 0 Å². The summed E-state index contributed by atoms with van der Waals surface area (Å²) in [6.07, 6.45) is 3.23. The van der Waals surface area contributed by atoms with Crippen LogP contribution in [-0.2, 0) is 9.53 Å². The molecule has 0 spiro atoms. The van der Waals surface area contributed by atoms with Gasteiger partial charge in [0, 0.05) is 32.8 Å². The van der Waals surface area contributed by atoms with Crippen molar-refractivity contribution in [2.24, 2.45) is 0 Å². The van der Waals surface area contributed by atoms with Crippen LogP contribution in [0.3, 0.4) is 0 Å². The first kappa shape index (κ1) is 15.4. The predicted octanol–water partition coefficient (Wildman–Crippen LogP) is 0.211. The Labute approximate surface area is 110 Å². The molecule has 18 heavy (non-hydrogen) atoms. The molecule has 1 rings (SSSR count). The van der Waals surface area contributed by atoms with Gasteiger partial charge in [0.2, 0.25) is 5.91 Å². The minimum Gasteiger partial charge on any atom is -0.385 e. The zero-order valence-electron chi connectivity index (χ0n) is 11.9. The number of hydrogen-bond acceptors (Lipinski definition) is 4. The average molecular weight is 257 g/mol. The van der Waals surface area contributed by atoms with Gasteiger partial charge < -0.3 is 15.4 Å². The van der Waals surface area contributed by atoms with E-state index in [0.29, 0.717) is 19.2 Å². The Morgan fingerprint density at radius 1 is 1.56 bits per heavy atom. The van der Waals surface area contributed by atoms with E-state index in [-0.39, 0.29) is 11.9 Å². The van der Waals surface area contributed by atoms with E-state index in [1.165, 1.54) is 6.42 Å². The van der Waals surface area contributed by atoms with E-state index in [1.54, 1.807) is 7.11 Å². The summed E-state index contributed by atoms with van der Waals surface area (Å²) in [5, 5.41) is 6.26. The van der Waals surface area contributed by atoms with Gasteiger partial charge in [-0.1, -0.05) is 0 Å². The first-order valence-electron chi connectivity index (χ1n) is 6.87. The molecule has 0 aromatic heterocycles. The van der Waals surface area contributed by atoms with Crippen LogP contribution in [0.5, 0.6) is 0 Å². The average Bonchev–Trinajstić information content (AvgIpc) is 2.42. The fourth-order valence-corrected chi connectivity index (χ4v) is 2.34. The zero-order chi connectivity index (χ0) is 13.4. The molecule has 1 aliphatic rings. The molecule has 0 radical (unpaired) electrons. The first-order valence-corrected chi connectivity index (χ1v) is 6.87. The Morgan fingerprint density at radius 2 is 2.33 bits per heavy atom. The second kappa shape index (κ2) is 8.45. The van der Waals surface area contributed by atoms with Crippen molar-refractivity contribution in [2.45, 2.75) is 38.3 Å². The van der Waals surface area contributed by atoms with Crippen molar-refractivity contribution in [1.29, 1.82) is 0 Å². The number of likely N-dealkylation sites (N-methyl/N-ethyl adjacent to an activating group) is 1. The van der Waals surface area contributed by atoms with E-state index in [2.05, 4.69) is 15.5 Å². The van der Waals surface area contributed by atoms with Gasteiger partial charge in [0.25, 0.3) is 0 Å². The Kier molecular flexibility index (Phi) is 7.23. The minimum atomic E-state index is -0.0382. The number of hydrogen-bond donors (Lipinski definition) is 2. The number of piperidine rings is 1. The topological polar surface area (TPSA) is 53.6 Å². The lowest BCUT2D eigenvalue weighted by Gasteiger charge is -2.35. The number of rotatable bonds is 7. The molecule has 0 saturated carbocycles. The molecule has 1 aliphatic heterocycles. The summed E-state index contributed by atoms with van der Waals surface area (Å²) in [5.41, 5.74) is 0. The molecule has 2 atom stereocenters. The number of carbonyl (C=O) groups is 1. The van der Waals surface area contributed by atoms with Gasteiger partial charge in [-0.25, -0.2) is 0 Å². The maximum Gasteiger partial charge on any atom is 0.237 e. The van der Waals surface area contributed by atoms with Crippen molar-refractivity contribution < 1.29 is 9.53 Å². The van der Waals surface area contributed by atoms with Crippen LogP contribution in [0.2, 0.25) is 0 Å². The molecule has 5 nitrogen and oxygen atoms in total. The van der Waals surface area contributed by atoms with Crippen LogP contribution in [0, 0.1) is 0 Å². The molecule has 106 valence electrons. The minimum absolute atomic E-state index is 0.0382. The van der Waals surface area contributed by atoms with Crippen LogP contribution in [0.1, 0.15) is 26.2 Å². The second-order valence-corrected chi connectivity index (χ2v) is 4.94. The smallest absolute Gasteiger partial charge is 0.237 e. The second-order valence-electron chi connectivity index (χ2n) is 4.94. The van der Waals surface area contributed by atoms with Crippen LogP contribution in [-0.4, -0.2) is 63.3 Å². The number of carbonyl (C=O) groups excluding carboxylic acids is 1. The lowest BCUT2D eigenvalue weighted by atomic mass is 10.0. The molecule has 1 fully saturated rings. The lowest BCUT2D eigenvalue weighted by molar-refractivity contribution is -0.126. The maximum absolute atomic E-state index is 12.0. The van der Waals surface area contributed by atoms with E-state index < -0.39 is 0 Å². The number of nitrogens with zero attached hydrogens (tertiary/aromatic N) is 1. The predicted molar refractivity (Wildman–Crippen MR) is 72.6 cm³/mol. The Morgan fingerprint density at radius 3 is 3.00 bits per heavy atom. The van der Waals surface area contributed by atoms with E-state index in [0.717, 1.165) is 25.9 Å². The number of amides is 1. The number of likely N-dealkylation sites (tertiary alicyclic amines) is 1. The van der Waals surface area contributed by atoms with Crippen LogP contribution >= 0.6 is 0 Å². The van der Waals surface area contributed by atoms with Crippen LogP contribution < -0.4 is 10.6 Å². The standard InChI is InChI=1S/C13H27N3O2/c1-11(13(17)15-7-5-9-18-3)16-8-4-6-12(10-16)14-2/h11-12,14H,4-10H2,1-3H3,(H,15,17). The third-order valence-electron chi connectivity index (χ3n) is 3.61. The summed E-state index contributed by atoms with van der Waals surface area (Å²) >= 11 is 0. The van der Waals surface area contributed by atoms with Crippen molar-refractivity contribution in [2.75, 3.05) is 40.4 Å². The maximum atomic E-state index is 12.0. The molecule has 0 aromatic carbocycles. The molecular formula is C13H27N3O2. The molecule has 5 heteroatoms. The van der Waals surface area contributed by atoms with E-state index in [1.807, 2.05) is 14.0 Å². The summed E-state index contributed by atoms with van der Waals surface area (Å²) in [7, 11) is 3.67. The summed E-state index contributed by atoms with van der Waals surface area (Å²) < 4.78 is 4.96. The molecule has 1 amide bonds. The van der Waals surface area contributed by atoms with Gasteiger partial charge in [0.15, 0.2) is 0 Å². The highest BCUT2D eigenvalue weighted by molar-refractivity contribution is 5.81. The monoisotopic (exact) mass is 257 g/mol. The molecule has 0 bridgehead atoms. The van der Waals surface area contributed by atoms with Gasteiger partial charge in [0.05, 0.1) is 6.04 Å². The first-order chi connectivity index (χ1) is 8.69. The molecule has 0 aliphatic carbocycles.